The summed E-state index contributed by atoms with van der Waals surface area (Å²) >= 11 is 0. The first-order valence-corrected chi connectivity index (χ1v) is 12.3. The summed E-state index contributed by atoms with van der Waals surface area (Å²) in [6.07, 6.45) is -0.00187. The molecule has 0 saturated carbocycles. The second-order valence-corrected chi connectivity index (χ2v) is 8.88. The van der Waals surface area contributed by atoms with E-state index in [-0.39, 0.29) is 25.6 Å². The van der Waals surface area contributed by atoms with Crippen LogP contribution in [-0.4, -0.2) is 42.6 Å². The van der Waals surface area contributed by atoms with E-state index in [4.69, 9.17) is 15.2 Å². The molecule has 10 nitrogen and oxygen atoms in total. The predicted octanol–water partition coefficient (Wildman–Crippen LogP) is 3.00. The number of unbranched alkanes of at least 4 members (excludes halogenated alkanes) is 1. The zero-order valence-electron chi connectivity index (χ0n) is 21.3. The van der Waals surface area contributed by atoms with Crippen LogP contribution in [0.3, 0.4) is 0 Å². The number of primary amides is 1. The van der Waals surface area contributed by atoms with Crippen LogP contribution in [0.25, 0.3) is 0 Å². The van der Waals surface area contributed by atoms with Gasteiger partial charge in [-0.05, 0) is 36.3 Å². The molecule has 1 unspecified atom stereocenters. The van der Waals surface area contributed by atoms with Crippen molar-refractivity contribution in [3.8, 4) is 0 Å². The number of hydrogen-bond donors (Lipinski definition) is 4. The van der Waals surface area contributed by atoms with Crippen molar-refractivity contribution in [2.75, 3.05) is 6.54 Å². The number of nitrogens with one attached hydrogen (secondary N) is 3. The van der Waals surface area contributed by atoms with E-state index in [0.717, 1.165) is 11.1 Å². The molecule has 10 heteroatoms. The van der Waals surface area contributed by atoms with E-state index in [9.17, 15) is 19.2 Å². The molecule has 5 N–H and O–H groups in total. The Morgan fingerprint density at radius 1 is 0.784 bits per heavy atom. The lowest BCUT2D eigenvalue weighted by molar-refractivity contribution is -0.129. The van der Waals surface area contributed by atoms with Gasteiger partial charge in [-0.1, -0.05) is 74.5 Å². The van der Waals surface area contributed by atoms with Crippen LogP contribution >= 0.6 is 0 Å². The van der Waals surface area contributed by atoms with Crippen molar-refractivity contribution in [3.63, 3.8) is 0 Å². The Labute approximate surface area is 217 Å². The number of alkyl carbamates (subject to hydrolysis) is 2. The van der Waals surface area contributed by atoms with E-state index >= 15 is 0 Å². The molecule has 200 valence electrons. The van der Waals surface area contributed by atoms with Crippen molar-refractivity contribution in [1.29, 1.82) is 0 Å². The summed E-state index contributed by atoms with van der Waals surface area (Å²) in [5.74, 6) is -1.42. The first-order chi connectivity index (χ1) is 17.8. The minimum Gasteiger partial charge on any atom is -0.445 e. The number of rotatable bonds is 14. The van der Waals surface area contributed by atoms with Crippen LogP contribution in [0.1, 0.15) is 44.2 Å². The molecule has 4 amide bonds. The molecule has 2 aromatic carbocycles. The van der Waals surface area contributed by atoms with Crippen molar-refractivity contribution < 1.29 is 28.7 Å². The molecule has 0 aromatic heterocycles. The normalized spacial score (nSPS) is 12.2. The number of benzene rings is 2. The maximum absolute atomic E-state index is 12.9. The number of carbonyl (C=O) groups excluding carboxylic acids is 4. The molecular formula is C27H36N4O6. The lowest BCUT2D eigenvalue weighted by Crippen LogP contribution is -2.54. The lowest BCUT2D eigenvalue weighted by atomic mass is 10.0. The second kappa shape index (κ2) is 15.8. The maximum atomic E-state index is 12.9. The van der Waals surface area contributed by atoms with Crippen LogP contribution in [0.5, 0.6) is 0 Å². The van der Waals surface area contributed by atoms with Gasteiger partial charge < -0.3 is 31.2 Å². The molecule has 0 aliphatic carbocycles. The summed E-state index contributed by atoms with van der Waals surface area (Å²) in [5, 5.41) is 7.85. The zero-order valence-corrected chi connectivity index (χ0v) is 21.3. The molecule has 0 bridgehead atoms. The molecular weight excluding hydrogens is 476 g/mol. The van der Waals surface area contributed by atoms with Gasteiger partial charge in [-0.2, -0.15) is 0 Å². The Morgan fingerprint density at radius 3 is 1.84 bits per heavy atom. The van der Waals surface area contributed by atoms with Crippen molar-refractivity contribution >= 4 is 24.0 Å². The van der Waals surface area contributed by atoms with Crippen LogP contribution in [0, 0.1) is 5.92 Å². The van der Waals surface area contributed by atoms with Gasteiger partial charge in [0.1, 0.15) is 25.3 Å². The summed E-state index contributed by atoms with van der Waals surface area (Å²) in [7, 11) is 0. The van der Waals surface area contributed by atoms with E-state index in [1.165, 1.54) is 0 Å². The average molecular weight is 513 g/mol. The van der Waals surface area contributed by atoms with Gasteiger partial charge in [-0.25, -0.2) is 9.59 Å². The van der Waals surface area contributed by atoms with Gasteiger partial charge in [0, 0.05) is 6.54 Å². The minimum atomic E-state index is -0.950. The number of ether oxygens (including phenoxy) is 2. The molecule has 0 fully saturated rings. The molecule has 0 aliphatic rings. The Bertz CT molecular complexity index is 1000. The third-order valence-electron chi connectivity index (χ3n) is 5.49. The first-order valence-electron chi connectivity index (χ1n) is 12.3. The third-order valence-corrected chi connectivity index (χ3v) is 5.49. The molecule has 0 saturated heterocycles. The molecule has 0 heterocycles. The van der Waals surface area contributed by atoms with E-state index < -0.39 is 36.1 Å². The van der Waals surface area contributed by atoms with E-state index in [1.807, 2.05) is 60.7 Å². The highest BCUT2D eigenvalue weighted by Gasteiger charge is 2.27. The quantitative estimate of drug-likeness (QED) is 0.286. The standard InChI is InChI=1S/C27H36N4O6/c1-19(2)23(24(28)32)31-25(33)22(30-27(35)37-18-21-13-7-4-8-14-21)15-9-10-16-29-26(34)36-17-20-11-5-3-6-12-20/h3-8,11-14,19,22-23H,9-10,15-18H2,1-2H3,(H2,28,32)(H,29,34)(H,30,35)(H,31,33)/t22?,23-/m0/s1. The van der Waals surface area contributed by atoms with Crippen LogP contribution in [0.4, 0.5) is 9.59 Å². The molecule has 2 rings (SSSR count). The first kappa shape index (κ1) is 29.2. The van der Waals surface area contributed by atoms with Crippen molar-refractivity contribution in [3.05, 3.63) is 71.8 Å². The fraction of sp³-hybridized carbons (Fsp3) is 0.407. The third kappa shape index (κ3) is 11.5. The van der Waals surface area contributed by atoms with Crippen LogP contribution < -0.4 is 21.7 Å². The van der Waals surface area contributed by atoms with Gasteiger partial charge in [0.05, 0.1) is 0 Å². The molecule has 0 aliphatic heterocycles. The average Bonchev–Trinajstić information content (AvgIpc) is 2.89. The topological polar surface area (TPSA) is 149 Å². The van der Waals surface area contributed by atoms with Gasteiger partial charge in [0.2, 0.25) is 11.8 Å². The summed E-state index contributed by atoms with van der Waals surface area (Å²) in [4.78, 5) is 48.9. The number of amides is 4. The SMILES string of the molecule is CC(C)[C@H](NC(=O)C(CCCCNC(=O)OCc1ccccc1)NC(=O)OCc1ccccc1)C(N)=O. The summed E-state index contributed by atoms with van der Waals surface area (Å²) in [6.45, 7) is 4.06. The highest BCUT2D eigenvalue weighted by Crippen LogP contribution is 2.07. The van der Waals surface area contributed by atoms with E-state index in [1.54, 1.807) is 13.8 Å². The monoisotopic (exact) mass is 512 g/mol. The second-order valence-electron chi connectivity index (χ2n) is 8.88. The summed E-state index contributed by atoms with van der Waals surface area (Å²) in [6, 6.07) is 16.6. The van der Waals surface area contributed by atoms with E-state index in [0.29, 0.717) is 19.4 Å². The number of hydrogen-bond acceptors (Lipinski definition) is 6. The summed E-state index contributed by atoms with van der Waals surface area (Å²) < 4.78 is 10.4. The molecule has 0 spiro atoms. The Morgan fingerprint density at radius 2 is 1.32 bits per heavy atom. The van der Waals surface area contributed by atoms with Gasteiger partial charge in [0.25, 0.3) is 0 Å². The Hall–Kier alpha value is -4.08. The fourth-order valence-corrected chi connectivity index (χ4v) is 3.43. The van der Waals surface area contributed by atoms with Crippen molar-refractivity contribution in [1.82, 2.24) is 16.0 Å². The minimum absolute atomic E-state index is 0.0475. The van der Waals surface area contributed by atoms with E-state index in [2.05, 4.69) is 16.0 Å². The highest BCUT2D eigenvalue weighted by molar-refractivity contribution is 5.90. The Kier molecular flexibility index (Phi) is 12.5. The Balaban J connectivity index is 1.83. The lowest BCUT2D eigenvalue weighted by Gasteiger charge is -2.23. The number of nitrogens with two attached hydrogens (primary N) is 1. The number of carbonyl (C=O) groups is 4. The van der Waals surface area contributed by atoms with Gasteiger partial charge in [-0.3, -0.25) is 9.59 Å². The van der Waals surface area contributed by atoms with Crippen molar-refractivity contribution in [2.24, 2.45) is 11.7 Å². The largest absolute Gasteiger partial charge is 0.445 e. The van der Waals surface area contributed by atoms with Gasteiger partial charge in [0.15, 0.2) is 0 Å². The van der Waals surface area contributed by atoms with Gasteiger partial charge in [-0.15, -0.1) is 0 Å². The highest BCUT2D eigenvalue weighted by atomic mass is 16.6. The van der Waals surface area contributed by atoms with Crippen LogP contribution in [0.15, 0.2) is 60.7 Å². The molecule has 0 radical (unpaired) electrons. The smallest absolute Gasteiger partial charge is 0.408 e. The van der Waals surface area contributed by atoms with Crippen LogP contribution in [0.2, 0.25) is 0 Å². The van der Waals surface area contributed by atoms with Crippen molar-refractivity contribution in [2.45, 2.75) is 58.4 Å². The van der Waals surface area contributed by atoms with Gasteiger partial charge >= 0.3 is 12.2 Å². The summed E-state index contributed by atoms with van der Waals surface area (Å²) in [5.41, 5.74) is 7.10. The zero-order chi connectivity index (χ0) is 27.0. The predicted molar refractivity (Wildman–Crippen MR) is 138 cm³/mol. The molecule has 2 atom stereocenters. The molecule has 2 aromatic rings. The molecule has 37 heavy (non-hydrogen) atoms. The van der Waals surface area contributed by atoms with Crippen LogP contribution in [-0.2, 0) is 32.3 Å². The fourth-order valence-electron chi connectivity index (χ4n) is 3.43. The maximum Gasteiger partial charge on any atom is 0.408 e.